The Labute approximate surface area is 141 Å². The lowest BCUT2D eigenvalue weighted by Gasteiger charge is -2.06. The predicted octanol–water partition coefficient (Wildman–Crippen LogP) is 2.52. The van der Waals surface area contributed by atoms with Crippen LogP contribution in [0.25, 0.3) is 5.78 Å². The number of nitrogens with zero attached hydrogens (tertiary/aromatic N) is 4. The van der Waals surface area contributed by atoms with Gasteiger partial charge in [-0.15, -0.1) is 5.10 Å². The molecule has 0 aliphatic carbocycles. The fourth-order valence-corrected chi connectivity index (χ4v) is 2.35. The molecule has 0 saturated heterocycles. The van der Waals surface area contributed by atoms with Crippen LogP contribution in [0.1, 0.15) is 17.2 Å². The van der Waals surface area contributed by atoms with Gasteiger partial charge in [0.25, 0.3) is 5.78 Å². The molecule has 1 amide bonds. The third kappa shape index (κ3) is 4.06. The summed E-state index contributed by atoms with van der Waals surface area (Å²) in [6, 6.07) is 7.51. The van der Waals surface area contributed by atoms with E-state index in [2.05, 4.69) is 25.1 Å². The maximum atomic E-state index is 12.1. The smallest absolute Gasteiger partial charge is 0.387 e. The molecule has 0 atom stereocenters. The van der Waals surface area contributed by atoms with Gasteiger partial charge >= 0.3 is 6.61 Å². The van der Waals surface area contributed by atoms with Gasteiger partial charge in [-0.25, -0.2) is 9.50 Å². The molecule has 130 valence electrons. The second-order valence-electron chi connectivity index (χ2n) is 5.41. The van der Waals surface area contributed by atoms with E-state index in [0.29, 0.717) is 17.3 Å². The summed E-state index contributed by atoms with van der Waals surface area (Å²) >= 11 is 0. The van der Waals surface area contributed by atoms with E-state index in [4.69, 9.17) is 0 Å². The number of alkyl halides is 2. The Hall–Kier alpha value is -3.10. The lowest BCUT2D eigenvalue weighted by Crippen LogP contribution is -2.15. The molecule has 25 heavy (non-hydrogen) atoms. The van der Waals surface area contributed by atoms with Crippen LogP contribution in [0.5, 0.6) is 5.75 Å². The van der Waals surface area contributed by atoms with Gasteiger partial charge in [0, 0.05) is 17.1 Å². The Balaban J connectivity index is 1.67. The highest BCUT2D eigenvalue weighted by Gasteiger charge is 2.12. The summed E-state index contributed by atoms with van der Waals surface area (Å²) in [7, 11) is 0. The van der Waals surface area contributed by atoms with E-state index < -0.39 is 6.61 Å². The maximum Gasteiger partial charge on any atom is 0.387 e. The number of carbonyl (C=O) groups is 1. The number of carbonyl (C=O) groups excluding carboxylic acids is 1. The monoisotopic (exact) mass is 347 g/mol. The minimum Gasteiger partial charge on any atom is -0.435 e. The summed E-state index contributed by atoms with van der Waals surface area (Å²) in [6.07, 6.45) is -0.0306. The van der Waals surface area contributed by atoms with E-state index in [1.165, 1.54) is 24.3 Å². The Morgan fingerprint density at radius 2 is 1.96 bits per heavy atom. The van der Waals surface area contributed by atoms with E-state index in [-0.39, 0.29) is 18.1 Å². The molecule has 1 N–H and O–H groups in total. The first kappa shape index (κ1) is 16.7. The van der Waals surface area contributed by atoms with Crippen molar-refractivity contribution >= 4 is 17.4 Å². The number of aryl methyl sites for hydroxylation is 2. The van der Waals surface area contributed by atoms with Crippen molar-refractivity contribution in [3.8, 4) is 5.75 Å². The summed E-state index contributed by atoms with van der Waals surface area (Å²) in [4.78, 5) is 20.6. The number of nitrogens with one attached hydrogen (secondary N) is 1. The van der Waals surface area contributed by atoms with Crippen LogP contribution in [0.2, 0.25) is 0 Å². The number of fused-ring (bicyclic) bond motifs is 1. The van der Waals surface area contributed by atoms with E-state index in [1.807, 2.05) is 19.9 Å². The number of ether oxygens (including phenoxy) is 1. The molecule has 2 aromatic heterocycles. The molecule has 0 fully saturated rings. The summed E-state index contributed by atoms with van der Waals surface area (Å²) < 4.78 is 30.0. The van der Waals surface area contributed by atoms with Crippen molar-refractivity contribution in [1.82, 2.24) is 19.6 Å². The lowest BCUT2D eigenvalue weighted by atomic mass is 10.3. The third-order valence-corrected chi connectivity index (χ3v) is 3.34. The first-order chi connectivity index (χ1) is 11.9. The van der Waals surface area contributed by atoms with E-state index in [9.17, 15) is 13.6 Å². The highest BCUT2D eigenvalue weighted by Crippen LogP contribution is 2.17. The number of rotatable bonds is 5. The van der Waals surface area contributed by atoms with Crippen molar-refractivity contribution in [3.63, 3.8) is 0 Å². The van der Waals surface area contributed by atoms with Crippen LogP contribution in [0.4, 0.5) is 14.5 Å². The van der Waals surface area contributed by atoms with Crippen molar-refractivity contribution in [2.24, 2.45) is 0 Å². The van der Waals surface area contributed by atoms with Crippen LogP contribution in [0, 0.1) is 13.8 Å². The highest BCUT2D eigenvalue weighted by atomic mass is 19.3. The van der Waals surface area contributed by atoms with Gasteiger partial charge in [0.2, 0.25) is 5.91 Å². The van der Waals surface area contributed by atoms with Gasteiger partial charge in [0.15, 0.2) is 5.82 Å². The van der Waals surface area contributed by atoms with Gasteiger partial charge in [0.05, 0.1) is 6.42 Å². The molecule has 0 aliphatic rings. The average Bonchev–Trinajstić information content (AvgIpc) is 2.91. The van der Waals surface area contributed by atoms with Crippen LogP contribution in [-0.2, 0) is 11.2 Å². The zero-order valence-corrected chi connectivity index (χ0v) is 13.5. The van der Waals surface area contributed by atoms with Gasteiger partial charge in [0.1, 0.15) is 5.75 Å². The molecule has 0 unspecified atom stereocenters. The Morgan fingerprint density at radius 3 is 2.64 bits per heavy atom. The van der Waals surface area contributed by atoms with Crippen LogP contribution in [0.3, 0.4) is 0 Å². The zero-order valence-electron chi connectivity index (χ0n) is 13.5. The molecule has 9 heteroatoms. The molecular weight excluding hydrogens is 332 g/mol. The molecule has 1 aromatic carbocycles. The van der Waals surface area contributed by atoms with Crippen molar-refractivity contribution in [2.75, 3.05) is 5.32 Å². The quantitative estimate of drug-likeness (QED) is 0.767. The third-order valence-electron chi connectivity index (χ3n) is 3.34. The number of benzene rings is 1. The second-order valence-corrected chi connectivity index (χ2v) is 5.41. The molecule has 2 heterocycles. The molecule has 0 spiro atoms. The molecule has 0 saturated carbocycles. The first-order valence-electron chi connectivity index (χ1n) is 7.45. The predicted molar refractivity (Wildman–Crippen MR) is 85.7 cm³/mol. The number of halogens is 2. The fraction of sp³-hybridized carbons (Fsp3) is 0.250. The fourth-order valence-electron chi connectivity index (χ4n) is 2.35. The normalized spacial score (nSPS) is 11.1. The van der Waals surface area contributed by atoms with Crippen LogP contribution in [-0.4, -0.2) is 32.1 Å². The number of hydrogen-bond acceptors (Lipinski definition) is 5. The van der Waals surface area contributed by atoms with Gasteiger partial charge < -0.3 is 10.1 Å². The van der Waals surface area contributed by atoms with Crippen LogP contribution in [0.15, 0.2) is 30.3 Å². The van der Waals surface area contributed by atoms with Gasteiger partial charge in [-0.2, -0.15) is 13.8 Å². The van der Waals surface area contributed by atoms with Gasteiger partial charge in [-0.05, 0) is 44.2 Å². The zero-order chi connectivity index (χ0) is 18.0. The Kier molecular flexibility index (Phi) is 4.55. The number of amides is 1. The van der Waals surface area contributed by atoms with Crippen molar-refractivity contribution < 1.29 is 18.3 Å². The number of hydrogen-bond donors (Lipinski definition) is 1. The summed E-state index contributed by atoms with van der Waals surface area (Å²) in [5, 5.41) is 6.91. The first-order valence-corrected chi connectivity index (χ1v) is 7.45. The summed E-state index contributed by atoms with van der Waals surface area (Å²) in [5.41, 5.74) is 2.15. The maximum absolute atomic E-state index is 12.1. The van der Waals surface area contributed by atoms with Crippen molar-refractivity contribution in [3.05, 3.63) is 47.5 Å². The largest absolute Gasteiger partial charge is 0.435 e. The minimum atomic E-state index is -2.89. The van der Waals surface area contributed by atoms with E-state index in [0.717, 1.165) is 11.4 Å². The molecule has 0 aliphatic heterocycles. The van der Waals surface area contributed by atoms with Crippen molar-refractivity contribution in [1.29, 1.82) is 0 Å². The average molecular weight is 347 g/mol. The highest BCUT2D eigenvalue weighted by molar-refractivity contribution is 5.91. The van der Waals surface area contributed by atoms with Crippen LogP contribution >= 0.6 is 0 Å². The molecule has 3 aromatic rings. The van der Waals surface area contributed by atoms with Crippen molar-refractivity contribution in [2.45, 2.75) is 26.9 Å². The second kappa shape index (κ2) is 6.80. The molecular formula is C16H15F2N5O2. The molecule has 0 radical (unpaired) electrons. The molecule has 3 rings (SSSR count). The standard InChI is InChI=1S/C16H15F2N5O2/c1-9-7-10(2)23-16(19-9)21-13(22-23)8-14(24)20-11-3-5-12(6-4-11)25-15(17)18/h3-7,15H,8H2,1-2H3,(H,20,24). The summed E-state index contributed by atoms with van der Waals surface area (Å²) in [5.74, 6) is 0.477. The minimum absolute atomic E-state index is 0.0203. The number of aromatic nitrogens is 4. The Bertz CT molecular complexity index is 909. The van der Waals surface area contributed by atoms with Gasteiger partial charge in [-0.3, -0.25) is 4.79 Å². The lowest BCUT2D eigenvalue weighted by molar-refractivity contribution is -0.115. The number of anilines is 1. The van der Waals surface area contributed by atoms with E-state index in [1.54, 1.807) is 4.52 Å². The topological polar surface area (TPSA) is 81.4 Å². The SMILES string of the molecule is Cc1cc(C)n2nc(CC(=O)Nc3ccc(OC(F)F)cc3)nc2n1. The Morgan fingerprint density at radius 1 is 1.24 bits per heavy atom. The molecule has 0 bridgehead atoms. The van der Waals surface area contributed by atoms with Crippen LogP contribution < -0.4 is 10.1 Å². The summed E-state index contributed by atoms with van der Waals surface area (Å²) in [6.45, 7) is 0.848. The van der Waals surface area contributed by atoms with Gasteiger partial charge in [-0.1, -0.05) is 0 Å². The van der Waals surface area contributed by atoms with E-state index >= 15 is 0 Å². The molecule has 7 nitrogen and oxygen atoms in total.